The van der Waals surface area contributed by atoms with Crippen LogP contribution >= 0.6 is 0 Å². The van der Waals surface area contributed by atoms with Gasteiger partial charge in [-0.1, -0.05) is 12.1 Å². The Balaban J connectivity index is 1.48. The van der Waals surface area contributed by atoms with Crippen molar-refractivity contribution in [2.45, 2.75) is 18.9 Å². The number of aromatic nitrogens is 1. The number of nitrogens with one attached hydrogen (secondary N) is 1. The van der Waals surface area contributed by atoms with E-state index in [2.05, 4.69) is 15.0 Å². The topological polar surface area (TPSA) is 95.7 Å². The molecule has 3 rings (SSSR count). The van der Waals surface area contributed by atoms with Crippen LogP contribution in [0.3, 0.4) is 0 Å². The molecule has 1 aliphatic heterocycles. The fourth-order valence-electron chi connectivity index (χ4n) is 2.68. The first kappa shape index (κ1) is 18.0. The molecular weight excluding hydrogens is 334 g/mol. The zero-order chi connectivity index (χ0) is 18.4. The molecule has 1 aliphatic rings. The van der Waals surface area contributed by atoms with Crippen LogP contribution in [0.4, 0.5) is 5.69 Å². The lowest BCUT2D eigenvalue weighted by molar-refractivity contribution is -0.142. The summed E-state index contributed by atoms with van der Waals surface area (Å²) < 4.78 is 15.9. The van der Waals surface area contributed by atoms with Crippen molar-refractivity contribution in [1.29, 1.82) is 0 Å². The van der Waals surface area contributed by atoms with E-state index in [0.29, 0.717) is 31.9 Å². The Kier molecular flexibility index (Phi) is 5.91. The fraction of sp³-hybridized carbons (Fsp3) is 0.368. The summed E-state index contributed by atoms with van der Waals surface area (Å²) in [6, 6.07) is 10.8. The van der Waals surface area contributed by atoms with Crippen molar-refractivity contribution in [2.24, 2.45) is 5.73 Å². The third-order valence-electron chi connectivity index (χ3n) is 4.08. The number of ether oxygens (including phenoxy) is 3. The van der Waals surface area contributed by atoms with Crippen LogP contribution in [-0.2, 0) is 22.4 Å². The Morgan fingerprint density at radius 2 is 2.12 bits per heavy atom. The predicted molar refractivity (Wildman–Crippen MR) is 97.6 cm³/mol. The summed E-state index contributed by atoms with van der Waals surface area (Å²) in [4.78, 5) is 15.9. The molecular formula is C19H23N3O4. The van der Waals surface area contributed by atoms with Crippen molar-refractivity contribution in [3.63, 3.8) is 0 Å². The van der Waals surface area contributed by atoms with Crippen molar-refractivity contribution in [3.8, 4) is 11.6 Å². The normalized spacial score (nSPS) is 13.8. The minimum Gasteiger partial charge on any atom is -0.493 e. The van der Waals surface area contributed by atoms with Gasteiger partial charge in [0, 0.05) is 18.7 Å². The summed E-state index contributed by atoms with van der Waals surface area (Å²) in [5.74, 6) is 0.998. The standard InChI is InChI=1S/C19H23N3O4/c1-24-19(23)16(20)12-13-2-5-15(6-3-13)25-10-8-14-4-7-17-18(22-14)26-11-9-21-17/h2-7,16,21H,8-12,20H2,1H3/t16-/m0/s1. The van der Waals surface area contributed by atoms with Crippen LogP contribution in [0, 0.1) is 0 Å². The lowest BCUT2D eigenvalue weighted by Crippen LogP contribution is -2.33. The summed E-state index contributed by atoms with van der Waals surface area (Å²) in [6.45, 7) is 1.95. The number of hydrogen-bond acceptors (Lipinski definition) is 7. The lowest BCUT2D eigenvalue weighted by Gasteiger charge is -2.18. The minimum atomic E-state index is -0.654. The van der Waals surface area contributed by atoms with Gasteiger partial charge >= 0.3 is 5.97 Å². The molecule has 0 fully saturated rings. The number of anilines is 1. The van der Waals surface area contributed by atoms with E-state index < -0.39 is 12.0 Å². The van der Waals surface area contributed by atoms with E-state index in [1.165, 1.54) is 7.11 Å². The van der Waals surface area contributed by atoms with Crippen molar-refractivity contribution in [1.82, 2.24) is 4.98 Å². The van der Waals surface area contributed by atoms with Gasteiger partial charge < -0.3 is 25.3 Å². The van der Waals surface area contributed by atoms with Gasteiger partial charge in [-0.15, -0.1) is 0 Å². The average Bonchev–Trinajstić information content (AvgIpc) is 2.68. The van der Waals surface area contributed by atoms with Crippen LogP contribution in [0.25, 0.3) is 0 Å². The summed E-state index contributed by atoms with van der Waals surface area (Å²) in [7, 11) is 1.33. The van der Waals surface area contributed by atoms with E-state index >= 15 is 0 Å². The van der Waals surface area contributed by atoms with Gasteiger partial charge in [0.15, 0.2) is 0 Å². The number of hydrogen-bond donors (Lipinski definition) is 2. The zero-order valence-electron chi connectivity index (χ0n) is 14.7. The number of methoxy groups -OCH3 is 1. The number of pyridine rings is 1. The fourth-order valence-corrected chi connectivity index (χ4v) is 2.68. The molecule has 1 atom stereocenters. The first-order chi connectivity index (χ1) is 12.7. The number of nitrogens with zero attached hydrogens (tertiary/aromatic N) is 1. The van der Waals surface area contributed by atoms with Crippen LogP contribution in [0.2, 0.25) is 0 Å². The number of fused-ring (bicyclic) bond motifs is 1. The number of nitrogens with two attached hydrogens (primary N) is 1. The average molecular weight is 357 g/mol. The molecule has 26 heavy (non-hydrogen) atoms. The highest BCUT2D eigenvalue weighted by atomic mass is 16.5. The molecule has 1 aromatic heterocycles. The maximum atomic E-state index is 11.4. The number of benzene rings is 1. The molecule has 0 unspecified atom stereocenters. The van der Waals surface area contributed by atoms with E-state index in [9.17, 15) is 4.79 Å². The van der Waals surface area contributed by atoms with Crippen LogP contribution in [-0.4, -0.2) is 43.9 Å². The molecule has 0 saturated carbocycles. The highest BCUT2D eigenvalue weighted by molar-refractivity contribution is 5.75. The zero-order valence-corrected chi connectivity index (χ0v) is 14.7. The van der Waals surface area contributed by atoms with Gasteiger partial charge in [-0.2, -0.15) is 0 Å². The van der Waals surface area contributed by atoms with Gasteiger partial charge in [-0.05, 0) is 36.2 Å². The quantitative estimate of drug-likeness (QED) is 0.726. The first-order valence-corrected chi connectivity index (χ1v) is 8.57. The van der Waals surface area contributed by atoms with Crippen LogP contribution in [0.1, 0.15) is 11.3 Å². The first-order valence-electron chi connectivity index (χ1n) is 8.57. The van der Waals surface area contributed by atoms with Crippen molar-refractivity contribution < 1.29 is 19.0 Å². The van der Waals surface area contributed by atoms with E-state index in [4.69, 9.17) is 15.2 Å². The Labute approximate surface area is 152 Å². The highest BCUT2D eigenvalue weighted by Crippen LogP contribution is 2.24. The third kappa shape index (κ3) is 4.64. The summed E-state index contributed by atoms with van der Waals surface area (Å²) in [5, 5.41) is 3.24. The number of carbonyl (C=O) groups excluding carboxylic acids is 1. The smallest absolute Gasteiger partial charge is 0.322 e. The molecule has 2 heterocycles. The van der Waals surface area contributed by atoms with E-state index in [0.717, 1.165) is 29.2 Å². The number of rotatable bonds is 7. The predicted octanol–water partition coefficient (Wildman–Crippen LogP) is 1.55. The molecule has 2 aromatic rings. The molecule has 7 nitrogen and oxygen atoms in total. The van der Waals surface area contributed by atoms with Gasteiger partial charge in [0.25, 0.3) is 0 Å². The maximum absolute atomic E-state index is 11.4. The molecule has 0 spiro atoms. The summed E-state index contributed by atoms with van der Waals surface area (Å²) in [5.41, 5.74) is 8.57. The van der Waals surface area contributed by atoms with Crippen LogP contribution in [0.5, 0.6) is 11.6 Å². The second-order valence-electron chi connectivity index (χ2n) is 6.01. The van der Waals surface area contributed by atoms with Gasteiger partial charge in [0.05, 0.1) is 19.4 Å². The number of esters is 1. The molecule has 7 heteroatoms. The van der Waals surface area contributed by atoms with Gasteiger partial charge in [-0.3, -0.25) is 4.79 Å². The second-order valence-corrected chi connectivity index (χ2v) is 6.01. The Bertz CT molecular complexity index is 749. The molecule has 0 saturated heterocycles. The van der Waals surface area contributed by atoms with E-state index in [1.807, 2.05) is 36.4 Å². The minimum absolute atomic E-state index is 0.415. The molecule has 3 N–H and O–H groups in total. The van der Waals surface area contributed by atoms with Crippen LogP contribution in [0.15, 0.2) is 36.4 Å². The lowest BCUT2D eigenvalue weighted by atomic mass is 10.1. The molecule has 0 aliphatic carbocycles. The third-order valence-corrected chi connectivity index (χ3v) is 4.08. The molecule has 0 bridgehead atoms. The molecule has 138 valence electrons. The Morgan fingerprint density at radius 1 is 1.31 bits per heavy atom. The van der Waals surface area contributed by atoms with Gasteiger partial charge in [0.2, 0.25) is 5.88 Å². The van der Waals surface area contributed by atoms with Crippen LogP contribution < -0.4 is 20.5 Å². The molecule has 0 amide bonds. The Hall–Kier alpha value is -2.80. The number of carbonyl (C=O) groups is 1. The monoisotopic (exact) mass is 357 g/mol. The Morgan fingerprint density at radius 3 is 2.88 bits per heavy atom. The molecule has 1 aromatic carbocycles. The largest absolute Gasteiger partial charge is 0.493 e. The summed E-state index contributed by atoms with van der Waals surface area (Å²) >= 11 is 0. The second kappa shape index (κ2) is 8.53. The van der Waals surface area contributed by atoms with Crippen molar-refractivity contribution >= 4 is 11.7 Å². The summed E-state index contributed by atoms with van der Waals surface area (Å²) in [6.07, 6.45) is 1.12. The highest BCUT2D eigenvalue weighted by Gasteiger charge is 2.14. The van der Waals surface area contributed by atoms with Crippen molar-refractivity contribution in [2.75, 3.05) is 32.2 Å². The van der Waals surface area contributed by atoms with E-state index in [1.54, 1.807) is 0 Å². The SMILES string of the molecule is COC(=O)[C@@H](N)Cc1ccc(OCCc2ccc3c(n2)OCCN3)cc1. The van der Waals surface area contributed by atoms with Gasteiger partial charge in [-0.25, -0.2) is 4.98 Å². The molecule has 0 radical (unpaired) electrons. The van der Waals surface area contributed by atoms with Gasteiger partial charge in [0.1, 0.15) is 18.4 Å². The van der Waals surface area contributed by atoms with Crippen molar-refractivity contribution in [3.05, 3.63) is 47.7 Å². The van der Waals surface area contributed by atoms with E-state index in [-0.39, 0.29) is 0 Å². The maximum Gasteiger partial charge on any atom is 0.322 e.